The molecule has 0 atom stereocenters. The van der Waals surface area contributed by atoms with Gasteiger partial charge in [-0.15, -0.1) is 0 Å². The summed E-state index contributed by atoms with van der Waals surface area (Å²) in [4.78, 5) is 4.30. The summed E-state index contributed by atoms with van der Waals surface area (Å²) in [6.07, 6.45) is 0.374. The van der Waals surface area contributed by atoms with Gasteiger partial charge in [-0.25, -0.2) is 4.98 Å². The number of nitrogen functional groups attached to an aromatic ring is 1. The summed E-state index contributed by atoms with van der Waals surface area (Å²) in [6.45, 7) is 0. The maximum absolute atomic E-state index is 9.02. The second-order valence-electron chi connectivity index (χ2n) is 4.62. The van der Waals surface area contributed by atoms with E-state index in [2.05, 4.69) is 17.1 Å². The Balaban J connectivity index is 2.17. The zero-order valence-electron chi connectivity index (χ0n) is 11.1. The number of aromatic nitrogens is 2. The summed E-state index contributed by atoms with van der Waals surface area (Å²) < 4.78 is 1.80. The van der Waals surface area contributed by atoms with Crippen LogP contribution >= 0.6 is 0 Å². The molecule has 0 radical (unpaired) electrons. The van der Waals surface area contributed by atoms with E-state index in [0.717, 1.165) is 22.3 Å². The fraction of sp³-hybridized carbons (Fsp3) is 0.0625. The third kappa shape index (κ3) is 2.18. The van der Waals surface area contributed by atoms with Gasteiger partial charge in [0.25, 0.3) is 0 Å². The van der Waals surface area contributed by atoms with Crippen molar-refractivity contribution in [3.8, 4) is 17.8 Å². The lowest BCUT2D eigenvalue weighted by Gasteiger charge is -2.07. The van der Waals surface area contributed by atoms with Gasteiger partial charge in [-0.05, 0) is 35.9 Å². The van der Waals surface area contributed by atoms with Gasteiger partial charge in [0.05, 0.1) is 35.2 Å². The molecule has 0 aliphatic heterocycles. The summed E-state index contributed by atoms with van der Waals surface area (Å²) in [6, 6.07) is 17.1. The van der Waals surface area contributed by atoms with Crippen molar-refractivity contribution in [2.24, 2.45) is 0 Å². The van der Waals surface area contributed by atoms with Crippen LogP contribution in [0.4, 0.5) is 5.95 Å². The molecular weight excluding hydrogens is 262 g/mol. The van der Waals surface area contributed by atoms with Crippen LogP contribution in [0.1, 0.15) is 11.1 Å². The largest absolute Gasteiger partial charge is 0.369 e. The van der Waals surface area contributed by atoms with Crippen molar-refractivity contribution in [1.82, 2.24) is 9.55 Å². The molecule has 2 aromatic carbocycles. The summed E-state index contributed by atoms with van der Waals surface area (Å²) in [5.74, 6) is 0.369. The van der Waals surface area contributed by atoms with Crippen LogP contribution in [-0.4, -0.2) is 9.55 Å². The lowest BCUT2D eigenvalue weighted by molar-refractivity contribution is 1.10. The van der Waals surface area contributed by atoms with Crippen molar-refractivity contribution in [2.75, 3.05) is 5.73 Å². The Morgan fingerprint density at radius 3 is 2.52 bits per heavy atom. The van der Waals surface area contributed by atoms with Crippen molar-refractivity contribution in [3.05, 3.63) is 53.6 Å². The topological polar surface area (TPSA) is 91.4 Å². The molecule has 21 heavy (non-hydrogen) atoms. The van der Waals surface area contributed by atoms with Gasteiger partial charge in [0.1, 0.15) is 0 Å². The molecule has 100 valence electrons. The Hall–Kier alpha value is -3.31. The minimum Gasteiger partial charge on any atom is -0.369 e. The van der Waals surface area contributed by atoms with E-state index < -0.39 is 0 Å². The molecule has 0 fully saturated rings. The average Bonchev–Trinajstić information content (AvgIpc) is 2.83. The highest BCUT2D eigenvalue weighted by atomic mass is 15.2. The zero-order valence-corrected chi connectivity index (χ0v) is 11.1. The third-order valence-corrected chi connectivity index (χ3v) is 3.29. The molecule has 5 heteroatoms. The quantitative estimate of drug-likeness (QED) is 0.776. The van der Waals surface area contributed by atoms with Gasteiger partial charge in [-0.2, -0.15) is 10.5 Å². The Kier molecular flexibility index (Phi) is 3.02. The number of rotatable bonds is 2. The second kappa shape index (κ2) is 4.99. The van der Waals surface area contributed by atoms with Crippen LogP contribution in [-0.2, 0) is 6.42 Å². The minimum absolute atomic E-state index is 0.369. The average molecular weight is 273 g/mol. The molecule has 0 bridgehead atoms. The van der Waals surface area contributed by atoms with Crippen LogP contribution in [0.15, 0.2) is 42.5 Å². The van der Waals surface area contributed by atoms with Gasteiger partial charge in [-0.1, -0.05) is 12.1 Å². The van der Waals surface area contributed by atoms with Crippen LogP contribution in [0.2, 0.25) is 0 Å². The van der Waals surface area contributed by atoms with Gasteiger partial charge in [-0.3, -0.25) is 4.57 Å². The van der Waals surface area contributed by atoms with E-state index in [1.165, 1.54) is 0 Å². The molecule has 1 aromatic heterocycles. The highest BCUT2D eigenvalue weighted by molar-refractivity contribution is 5.82. The summed E-state index contributed by atoms with van der Waals surface area (Å²) >= 11 is 0. The van der Waals surface area contributed by atoms with E-state index >= 15 is 0 Å². The number of anilines is 1. The van der Waals surface area contributed by atoms with Gasteiger partial charge in [0.15, 0.2) is 0 Å². The first-order valence-corrected chi connectivity index (χ1v) is 6.37. The lowest BCUT2D eigenvalue weighted by atomic mass is 10.1. The normalized spacial score (nSPS) is 10.2. The van der Waals surface area contributed by atoms with Gasteiger partial charge >= 0.3 is 0 Å². The Morgan fingerprint density at radius 1 is 1.10 bits per heavy atom. The lowest BCUT2D eigenvalue weighted by Crippen LogP contribution is -2.00. The highest BCUT2D eigenvalue weighted by Gasteiger charge is 2.10. The predicted octanol–water partition coefficient (Wildman–Crippen LogP) is 2.55. The molecular formula is C16H11N5. The molecule has 1 heterocycles. The van der Waals surface area contributed by atoms with Crippen LogP contribution < -0.4 is 5.73 Å². The monoisotopic (exact) mass is 273 g/mol. The van der Waals surface area contributed by atoms with Gasteiger partial charge < -0.3 is 5.73 Å². The number of imidazole rings is 1. The van der Waals surface area contributed by atoms with Crippen molar-refractivity contribution in [2.45, 2.75) is 6.42 Å². The Morgan fingerprint density at radius 2 is 1.86 bits per heavy atom. The fourth-order valence-corrected chi connectivity index (χ4v) is 2.29. The van der Waals surface area contributed by atoms with Crippen LogP contribution in [0.25, 0.3) is 16.7 Å². The Labute approximate surface area is 121 Å². The first kappa shape index (κ1) is 12.7. The molecule has 0 amide bonds. The third-order valence-electron chi connectivity index (χ3n) is 3.29. The number of hydrogen-bond acceptors (Lipinski definition) is 4. The zero-order chi connectivity index (χ0) is 14.8. The summed E-state index contributed by atoms with van der Waals surface area (Å²) in [5, 5.41) is 17.7. The highest BCUT2D eigenvalue weighted by Crippen LogP contribution is 2.24. The Bertz CT molecular complexity index is 891. The van der Waals surface area contributed by atoms with Crippen LogP contribution in [0.5, 0.6) is 0 Å². The minimum atomic E-state index is 0.369. The van der Waals surface area contributed by atoms with Crippen molar-refractivity contribution in [1.29, 1.82) is 10.5 Å². The maximum atomic E-state index is 9.02. The van der Waals surface area contributed by atoms with E-state index in [1.807, 2.05) is 24.3 Å². The molecule has 2 N–H and O–H groups in total. The van der Waals surface area contributed by atoms with Crippen molar-refractivity contribution >= 4 is 17.0 Å². The summed E-state index contributed by atoms with van der Waals surface area (Å²) in [7, 11) is 0. The molecule has 0 unspecified atom stereocenters. The van der Waals surface area contributed by atoms with Crippen molar-refractivity contribution < 1.29 is 0 Å². The van der Waals surface area contributed by atoms with E-state index in [1.54, 1.807) is 22.8 Å². The van der Waals surface area contributed by atoms with Crippen molar-refractivity contribution in [3.63, 3.8) is 0 Å². The van der Waals surface area contributed by atoms with E-state index in [-0.39, 0.29) is 0 Å². The van der Waals surface area contributed by atoms with Crippen LogP contribution in [0.3, 0.4) is 0 Å². The molecule has 0 saturated heterocycles. The number of nitrogens with two attached hydrogens (primary N) is 1. The number of benzene rings is 2. The molecule has 0 aliphatic carbocycles. The first-order chi connectivity index (χ1) is 10.2. The van der Waals surface area contributed by atoms with E-state index in [9.17, 15) is 0 Å². The number of nitriles is 2. The number of nitrogens with zero attached hydrogens (tertiary/aromatic N) is 4. The van der Waals surface area contributed by atoms with Gasteiger partial charge in [0.2, 0.25) is 5.95 Å². The number of fused-ring (bicyclic) bond motifs is 1. The van der Waals surface area contributed by atoms with E-state index in [0.29, 0.717) is 17.9 Å². The molecule has 3 aromatic rings. The molecule has 0 saturated carbocycles. The molecule has 0 aliphatic rings. The number of hydrogen-bond donors (Lipinski definition) is 1. The summed E-state index contributed by atoms with van der Waals surface area (Å²) in [5.41, 5.74) is 9.88. The SMILES string of the molecule is N#CCc1ccc(-n2c(N)nc3ccc(C#N)cc32)cc1. The van der Waals surface area contributed by atoms with Gasteiger partial charge in [0, 0.05) is 5.69 Å². The maximum Gasteiger partial charge on any atom is 0.205 e. The molecule has 3 rings (SSSR count). The standard InChI is InChI=1S/C16H11N5/c17-8-7-11-1-4-13(5-2-11)21-15-9-12(10-18)3-6-14(15)20-16(21)19/h1-6,9H,7H2,(H2,19,20). The van der Waals surface area contributed by atoms with Crippen LogP contribution in [0, 0.1) is 22.7 Å². The fourth-order valence-electron chi connectivity index (χ4n) is 2.29. The second-order valence-corrected chi connectivity index (χ2v) is 4.62. The molecule has 5 nitrogen and oxygen atoms in total. The predicted molar refractivity (Wildman–Crippen MR) is 79.5 cm³/mol. The first-order valence-electron chi connectivity index (χ1n) is 6.37. The van der Waals surface area contributed by atoms with E-state index in [4.69, 9.17) is 16.3 Å². The molecule has 0 spiro atoms. The smallest absolute Gasteiger partial charge is 0.205 e.